The van der Waals surface area contributed by atoms with Crippen LogP contribution in [-0.4, -0.2) is 7.05 Å². The van der Waals surface area contributed by atoms with Crippen molar-refractivity contribution in [1.29, 1.82) is 0 Å². The molecule has 1 N–H and O–H groups in total. The number of hydrogen-bond acceptors (Lipinski definition) is 1. The van der Waals surface area contributed by atoms with E-state index in [4.69, 9.17) is 0 Å². The third-order valence-corrected chi connectivity index (χ3v) is 2.76. The van der Waals surface area contributed by atoms with E-state index in [1.54, 1.807) is 0 Å². The molecule has 2 heteroatoms. The topological polar surface area (TPSA) is 12.0 Å². The fourth-order valence-corrected chi connectivity index (χ4v) is 1.89. The van der Waals surface area contributed by atoms with Crippen LogP contribution in [0.4, 0.5) is 5.69 Å². The van der Waals surface area contributed by atoms with E-state index in [0.29, 0.717) is 0 Å². The van der Waals surface area contributed by atoms with Gasteiger partial charge in [-0.2, -0.15) is 0 Å². The van der Waals surface area contributed by atoms with Gasteiger partial charge in [0, 0.05) is 16.3 Å². The number of benzene rings is 2. The second-order valence-electron chi connectivity index (χ2n) is 2.96. The minimum Gasteiger partial charge on any atom is -0.388 e. The van der Waals surface area contributed by atoms with E-state index in [1.165, 1.54) is 14.3 Å². The fraction of sp³-hybridized carbons (Fsp3) is 0.0909. The van der Waals surface area contributed by atoms with Gasteiger partial charge in [0.05, 0.1) is 0 Å². The molecule has 0 radical (unpaired) electrons. The highest BCUT2D eigenvalue weighted by molar-refractivity contribution is 14.1. The van der Waals surface area contributed by atoms with Crippen molar-refractivity contribution in [2.75, 3.05) is 12.4 Å². The Labute approximate surface area is 91.3 Å². The van der Waals surface area contributed by atoms with Crippen LogP contribution in [0.2, 0.25) is 0 Å². The average molecular weight is 283 g/mol. The summed E-state index contributed by atoms with van der Waals surface area (Å²) in [5.41, 5.74) is 1.16. The van der Waals surface area contributed by atoms with Crippen LogP contribution in [0.25, 0.3) is 10.8 Å². The van der Waals surface area contributed by atoms with Gasteiger partial charge in [-0.3, -0.25) is 0 Å². The first-order chi connectivity index (χ1) is 6.29. The zero-order chi connectivity index (χ0) is 9.26. The third-order valence-electron chi connectivity index (χ3n) is 2.09. The van der Waals surface area contributed by atoms with Crippen molar-refractivity contribution in [2.45, 2.75) is 0 Å². The molecule has 0 aliphatic heterocycles. The molecule has 0 bridgehead atoms. The predicted octanol–water partition coefficient (Wildman–Crippen LogP) is 3.49. The maximum Gasteiger partial charge on any atom is 0.0343 e. The van der Waals surface area contributed by atoms with Crippen molar-refractivity contribution in [2.24, 2.45) is 0 Å². The maximum absolute atomic E-state index is 3.13. The lowest BCUT2D eigenvalue weighted by molar-refractivity contribution is 1.53. The first-order valence-corrected chi connectivity index (χ1v) is 5.24. The van der Waals surface area contributed by atoms with E-state index in [2.05, 4.69) is 64.3 Å². The summed E-state index contributed by atoms with van der Waals surface area (Å²) in [5, 5.41) is 5.71. The van der Waals surface area contributed by atoms with Crippen LogP contribution >= 0.6 is 22.6 Å². The van der Waals surface area contributed by atoms with Gasteiger partial charge >= 0.3 is 0 Å². The Bertz CT molecular complexity index is 437. The normalized spacial score (nSPS) is 10.3. The molecule has 0 unspecified atom stereocenters. The Hall–Kier alpha value is -0.770. The van der Waals surface area contributed by atoms with Gasteiger partial charge in [-0.25, -0.2) is 0 Å². The number of hydrogen-bond donors (Lipinski definition) is 1. The molecular weight excluding hydrogens is 273 g/mol. The number of nitrogens with one attached hydrogen (secondary N) is 1. The van der Waals surface area contributed by atoms with E-state index in [9.17, 15) is 0 Å². The lowest BCUT2D eigenvalue weighted by Gasteiger charge is -2.02. The summed E-state index contributed by atoms with van der Waals surface area (Å²) < 4.78 is 1.28. The number of fused-ring (bicyclic) bond motifs is 1. The third kappa shape index (κ3) is 1.77. The standard InChI is InChI=1S/C11H10IN/c1-13-11-5-3-8-6-10(12)4-2-9(8)7-11/h2-7,13H,1H3. The van der Waals surface area contributed by atoms with E-state index in [0.717, 1.165) is 5.69 Å². The highest BCUT2D eigenvalue weighted by atomic mass is 127. The zero-order valence-electron chi connectivity index (χ0n) is 7.34. The van der Waals surface area contributed by atoms with E-state index < -0.39 is 0 Å². The Balaban J connectivity index is 2.66. The number of halogens is 1. The van der Waals surface area contributed by atoms with Crippen molar-refractivity contribution >= 4 is 39.1 Å². The molecule has 0 atom stereocenters. The average Bonchev–Trinajstić information content (AvgIpc) is 2.17. The largest absolute Gasteiger partial charge is 0.388 e. The molecule has 2 rings (SSSR count). The highest BCUT2D eigenvalue weighted by Crippen LogP contribution is 2.20. The van der Waals surface area contributed by atoms with E-state index >= 15 is 0 Å². The van der Waals surface area contributed by atoms with Gasteiger partial charge in [0.15, 0.2) is 0 Å². The van der Waals surface area contributed by atoms with Gasteiger partial charge in [-0.15, -0.1) is 0 Å². The van der Waals surface area contributed by atoms with Gasteiger partial charge in [-0.05, 0) is 57.6 Å². The van der Waals surface area contributed by atoms with Gasteiger partial charge in [0.1, 0.15) is 0 Å². The molecule has 0 heterocycles. The van der Waals surface area contributed by atoms with Crippen LogP contribution in [0.5, 0.6) is 0 Å². The first-order valence-electron chi connectivity index (χ1n) is 4.17. The van der Waals surface area contributed by atoms with E-state index in [-0.39, 0.29) is 0 Å². The Morgan fingerprint density at radius 2 is 1.69 bits per heavy atom. The zero-order valence-corrected chi connectivity index (χ0v) is 9.50. The molecule has 0 saturated carbocycles. The van der Waals surface area contributed by atoms with Crippen LogP contribution in [0.3, 0.4) is 0 Å². The predicted molar refractivity (Wildman–Crippen MR) is 66.2 cm³/mol. The molecule has 0 fully saturated rings. The summed E-state index contributed by atoms with van der Waals surface area (Å²) in [5.74, 6) is 0. The second-order valence-corrected chi connectivity index (χ2v) is 4.20. The summed E-state index contributed by atoms with van der Waals surface area (Å²) in [6.45, 7) is 0. The molecule has 0 saturated heterocycles. The monoisotopic (exact) mass is 283 g/mol. The van der Waals surface area contributed by atoms with Gasteiger partial charge in [-0.1, -0.05) is 12.1 Å². The second kappa shape index (κ2) is 3.54. The smallest absolute Gasteiger partial charge is 0.0343 e. The Morgan fingerprint density at radius 1 is 1.00 bits per heavy atom. The Morgan fingerprint density at radius 3 is 2.46 bits per heavy atom. The summed E-state index contributed by atoms with van der Waals surface area (Å²) in [6, 6.07) is 12.9. The summed E-state index contributed by atoms with van der Waals surface area (Å²) in [4.78, 5) is 0. The molecule has 1 nitrogen and oxygen atoms in total. The molecule has 2 aromatic carbocycles. The molecule has 0 spiro atoms. The minimum absolute atomic E-state index is 1.16. The van der Waals surface area contributed by atoms with Gasteiger partial charge in [0.25, 0.3) is 0 Å². The van der Waals surface area contributed by atoms with Gasteiger partial charge in [0.2, 0.25) is 0 Å². The number of rotatable bonds is 1. The van der Waals surface area contributed by atoms with E-state index in [1.807, 2.05) is 7.05 Å². The van der Waals surface area contributed by atoms with Crippen LogP contribution in [-0.2, 0) is 0 Å². The first kappa shape index (κ1) is 8.81. The molecule has 66 valence electrons. The van der Waals surface area contributed by atoms with Gasteiger partial charge < -0.3 is 5.32 Å². The summed E-state index contributed by atoms with van der Waals surface area (Å²) >= 11 is 2.33. The lowest BCUT2D eigenvalue weighted by Crippen LogP contribution is -1.86. The van der Waals surface area contributed by atoms with Crippen molar-refractivity contribution in [3.8, 4) is 0 Å². The molecule has 2 aromatic rings. The molecule has 0 aromatic heterocycles. The fourth-order valence-electron chi connectivity index (χ4n) is 1.37. The van der Waals surface area contributed by atoms with Crippen LogP contribution in [0.1, 0.15) is 0 Å². The van der Waals surface area contributed by atoms with Crippen molar-refractivity contribution in [3.05, 3.63) is 40.0 Å². The molecular formula is C11H10IN. The van der Waals surface area contributed by atoms with Crippen molar-refractivity contribution in [1.82, 2.24) is 0 Å². The van der Waals surface area contributed by atoms with Crippen molar-refractivity contribution < 1.29 is 0 Å². The highest BCUT2D eigenvalue weighted by Gasteiger charge is 1.95. The summed E-state index contributed by atoms with van der Waals surface area (Å²) in [6.07, 6.45) is 0. The molecule has 13 heavy (non-hydrogen) atoms. The maximum atomic E-state index is 3.13. The summed E-state index contributed by atoms with van der Waals surface area (Å²) in [7, 11) is 1.94. The Kier molecular flexibility index (Phi) is 2.40. The minimum atomic E-state index is 1.16. The molecule has 0 aliphatic rings. The van der Waals surface area contributed by atoms with Crippen LogP contribution in [0, 0.1) is 3.57 Å². The van der Waals surface area contributed by atoms with Crippen molar-refractivity contribution in [3.63, 3.8) is 0 Å². The quantitative estimate of drug-likeness (QED) is 0.790. The number of anilines is 1. The molecule has 0 aliphatic carbocycles. The lowest BCUT2D eigenvalue weighted by atomic mass is 10.1. The van der Waals surface area contributed by atoms with Crippen LogP contribution in [0.15, 0.2) is 36.4 Å². The molecule has 0 amide bonds. The SMILES string of the molecule is CNc1ccc2cc(I)ccc2c1. The van der Waals surface area contributed by atoms with Crippen LogP contribution < -0.4 is 5.32 Å².